The zero-order valence-electron chi connectivity index (χ0n) is 14.9. The molecule has 24 heavy (non-hydrogen) atoms. The summed E-state index contributed by atoms with van der Waals surface area (Å²) in [5.74, 6) is 0.395. The van der Waals surface area contributed by atoms with E-state index in [1.807, 2.05) is 16.5 Å². The van der Waals surface area contributed by atoms with E-state index in [-0.39, 0.29) is 11.8 Å². The molecule has 0 radical (unpaired) electrons. The minimum atomic E-state index is -0.0629. The van der Waals surface area contributed by atoms with Gasteiger partial charge in [-0.1, -0.05) is 13.3 Å². The third-order valence-corrected chi connectivity index (χ3v) is 5.10. The number of unbranched alkanes of at least 4 members (excludes halogenated alkanes) is 1. The van der Waals surface area contributed by atoms with Gasteiger partial charge in [-0.25, -0.2) is 4.98 Å². The SMILES string of the molecule is CCCCN(C)C(=O)c1nc(C(=O)N2CCCC2)c2n1CCCC2. The predicted molar refractivity (Wildman–Crippen MR) is 92.2 cm³/mol. The lowest BCUT2D eigenvalue weighted by atomic mass is 10.1. The fraction of sp³-hybridized carbons (Fsp3) is 0.722. The molecule has 2 aliphatic rings. The number of imidazole rings is 1. The third kappa shape index (κ3) is 3.19. The summed E-state index contributed by atoms with van der Waals surface area (Å²) < 4.78 is 2.00. The second-order valence-electron chi connectivity index (χ2n) is 6.92. The molecule has 1 aromatic rings. The average Bonchev–Trinajstić information content (AvgIpc) is 3.26. The Morgan fingerprint density at radius 3 is 2.54 bits per heavy atom. The van der Waals surface area contributed by atoms with Crippen LogP contribution in [0.1, 0.15) is 72.3 Å². The summed E-state index contributed by atoms with van der Waals surface area (Å²) in [5, 5.41) is 0. The quantitative estimate of drug-likeness (QED) is 0.831. The Morgan fingerprint density at radius 2 is 1.83 bits per heavy atom. The number of amides is 2. The third-order valence-electron chi connectivity index (χ3n) is 5.10. The molecular formula is C18H28N4O2. The molecule has 3 rings (SSSR count). The maximum atomic E-state index is 12.8. The zero-order valence-corrected chi connectivity index (χ0v) is 14.9. The molecule has 0 aliphatic carbocycles. The molecule has 0 saturated carbocycles. The lowest BCUT2D eigenvalue weighted by Gasteiger charge is -2.20. The number of fused-ring (bicyclic) bond motifs is 1. The molecule has 2 aliphatic heterocycles. The molecule has 1 fully saturated rings. The van der Waals surface area contributed by atoms with Crippen LogP contribution in [0.2, 0.25) is 0 Å². The van der Waals surface area contributed by atoms with E-state index in [1.54, 1.807) is 4.90 Å². The van der Waals surface area contributed by atoms with Gasteiger partial charge in [0.05, 0.1) is 5.69 Å². The van der Waals surface area contributed by atoms with E-state index < -0.39 is 0 Å². The molecule has 6 nitrogen and oxygen atoms in total. The number of hydrogen-bond acceptors (Lipinski definition) is 3. The first-order valence-electron chi connectivity index (χ1n) is 9.27. The molecule has 6 heteroatoms. The summed E-state index contributed by atoms with van der Waals surface area (Å²) in [6.07, 6.45) is 7.10. The normalized spacial score (nSPS) is 17.0. The molecule has 2 amide bonds. The largest absolute Gasteiger partial charge is 0.339 e. The Kier molecular flexibility index (Phi) is 5.21. The zero-order chi connectivity index (χ0) is 17.1. The van der Waals surface area contributed by atoms with Crippen molar-refractivity contribution in [2.45, 2.75) is 58.4 Å². The van der Waals surface area contributed by atoms with Crippen molar-refractivity contribution in [3.63, 3.8) is 0 Å². The van der Waals surface area contributed by atoms with Crippen LogP contribution in [0.15, 0.2) is 0 Å². The van der Waals surface area contributed by atoms with Gasteiger partial charge in [0.25, 0.3) is 11.8 Å². The van der Waals surface area contributed by atoms with Crippen molar-refractivity contribution in [2.24, 2.45) is 0 Å². The molecule has 0 aromatic carbocycles. The van der Waals surface area contributed by atoms with Gasteiger partial charge in [-0.2, -0.15) is 0 Å². The van der Waals surface area contributed by atoms with Crippen LogP contribution >= 0.6 is 0 Å². The van der Waals surface area contributed by atoms with Gasteiger partial charge < -0.3 is 14.4 Å². The molecule has 0 bridgehead atoms. The Morgan fingerprint density at radius 1 is 1.12 bits per heavy atom. The van der Waals surface area contributed by atoms with Gasteiger partial charge in [-0.05, 0) is 38.5 Å². The maximum Gasteiger partial charge on any atom is 0.289 e. The van der Waals surface area contributed by atoms with Crippen molar-refractivity contribution in [1.82, 2.24) is 19.4 Å². The van der Waals surface area contributed by atoms with Gasteiger partial charge in [0, 0.05) is 33.2 Å². The van der Waals surface area contributed by atoms with Crippen LogP contribution in [-0.2, 0) is 13.0 Å². The number of hydrogen-bond donors (Lipinski definition) is 0. The van der Waals surface area contributed by atoms with Gasteiger partial charge in [0.15, 0.2) is 5.82 Å². The topological polar surface area (TPSA) is 58.4 Å². The summed E-state index contributed by atoms with van der Waals surface area (Å²) >= 11 is 0. The number of carbonyl (C=O) groups excluding carboxylic acids is 2. The van der Waals surface area contributed by atoms with Crippen LogP contribution in [0, 0.1) is 0 Å². The lowest BCUT2D eigenvalue weighted by molar-refractivity contribution is 0.0775. The van der Waals surface area contributed by atoms with E-state index in [1.165, 1.54) is 0 Å². The highest BCUT2D eigenvalue weighted by molar-refractivity contribution is 5.97. The van der Waals surface area contributed by atoms with Crippen molar-refractivity contribution in [2.75, 3.05) is 26.7 Å². The smallest absolute Gasteiger partial charge is 0.289 e. The summed E-state index contributed by atoms with van der Waals surface area (Å²) in [4.78, 5) is 33.8. The first kappa shape index (κ1) is 17.0. The summed E-state index contributed by atoms with van der Waals surface area (Å²) in [6.45, 7) is 5.25. The van der Waals surface area contributed by atoms with Gasteiger partial charge in [-0.15, -0.1) is 0 Å². The van der Waals surface area contributed by atoms with Crippen LogP contribution in [0.5, 0.6) is 0 Å². The average molecular weight is 332 g/mol. The highest BCUT2D eigenvalue weighted by atomic mass is 16.2. The molecule has 0 atom stereocenters. The second kappa shape index (κ2) is 7.36. The first-order chi connectivity index (χ1) is 11.6. The maximum absolute atomic E-state index is 12.8. The van der Waals surface area contributed by atoms with E-state index in [2.05, 4.69) is 11.9 Å². The van der Waals surface area contributed by atoms with Crippen LogP contribution in [-0.4, -0.2) is 57.8 Å². The summed E-state index contributed by atoms with van der Waals surface area (Å²) in [7, 11) is 1.82. The van der Waals surface area contributed by atoms with Gasteiger partial charge in [0.2, 0.25) is 0 Å². The molecule has 132 valence electrons. The Balaban J connectivity index is 1.89. The highest BCUT2D eigenvalue weighted by Crippen LogP contribution is 2.24. The summed E-state index contributed by atoms with van der Waals surface area (Å²) in [5.41, 5.74) is 1.48. The Hall–Kier alpha value is -1.85. The number of likely N-dealkylation sites (tertiary alicyclic amines) is 1. The van der Waals surface area contributed by atoms with Crippen molar-refractivity contribution in [1.29, 1.82) is 0 Å². The highest BCUT2D eigenvalue weighted by Gasteiger charge is 2.31. The van der Waals surface area contributed by atoms with Crippen LogP contribution in [0.3, 0.4) is 0 Å². The first-order valence-corrected chi connectivity index (χ1v) is 9.27. The van der Waals surface area contributed by atoms with E-state index in [0.29, 0.717) is 11.5 Å². The van der Waals surface area contributed by atoms with Crippen molar-refractivity contribution < 1.29 is 9.59 Å². The van der Waals surface area contributed by atoms with E-state index in [9.17, 15) is 9.59 Å². The number of aromatic nitrogens is 2. The Labute approximate surface area is 143 Å². The minimum Gasteiger partial charge on any atom is -0.339 e. The van der Waals surface area contributed by atoms with Gasteiger partial charge >= 0.3 is 0 Å². The number of nitrogens with zero attached hydrogens (tertiary/aromatic N) is 4. The molecule has 0 N–H and O–H groups in total. The fourth-order valence-corrected chi connectivity index (χ4v) is 3.62. The van der Waals surface area contributed by atoms with E-state index in [0.717, 1.165) is 76.8 Å². The standard InChI is InChI=1S/C18H28N4O2/c1-3-4-10-20(2)18(24)16-19-15(14-9-5-6-13-22(14)16)17(23)21-11-7-8-12-21/h3-13H2,1-2H3. The van der Waals surface area contributed by atoms with Crippen molar-refractivity contribution in [3.05, 3.63) is 17.2 Å². The lowest BCUT2D eigenvalue weighted by Crippen LogP contribution is -2.31. The van der Waals surface area contributed by atoms with Crippen molar-refractivity contribution in [3.8, 4) is 0 Å². The van der Waals surface area contributed by atoms with Crippen LogP contribution in [0.25, 0.3) is 0 Å². The number of carbonyl (C=O) groups is 2. The summed E-state index contributed by atoms with van der Waals surface area (Å²) in [6, 6.07) is 0. The monoisotopic (exact) mass is 332 g/mol. The van der Waals surface area contributed by atoms with Gasteiger partial charge in [0.1, 0.15) is 5.69 Å². The minimum absolute atomic E-state index is 0.00779. The Bertz CT molecular complexity index is 617. The molecule has 1 saturated heterocycles. The van der Waals surface area contributed by atoms with E-state index >= 15 is 0 Å². The predicted octanol–water partition coefficient (Wildman–Crippen LogP) is 2.33. The number of rotatable bonds is 5. The van der Waals surface area contributed by atoms with E-state index in [4.69, 9.17) is 0 Å². The molecule has 3 heterocycles. The van der Waals surface area contributed by atoms with Crippen LogP contribution in [0.4, 0.5) is 0 Å². The molecular weight excluding hydrogens is 304 g/mol. The van der Waals surface area contributed by atoms with Gasteiger partial charge in [-0.3, -0.25) is 9.59 Å². The fourth-order valence-electron chi connectivity index (χ4n) is 3.62. The van der Waals surface area contributed by atoms with Crippen molar-refractivity contribution >= 4 is 11.8 Å². The molecule has 1 aromatic heterocycles. The molecule has 0 spiro atoms. The molecule has 0 unspecified atom stereocenters. The van der Waals surface area contributed by atoms with Crippen LogP contribution < -0.4 is 0 Å². The second-order valence-corrected chi connectivity index (χ2v) is 6.92.